The monoisotopic (exact) mass is 352 g/mol. The number of carbonyl (C=O) groups is 2. The molecule has 0 saturated heterocycles. The molecule has 0 aromatic carbocycles. The Bertz CT molecular complexity index is 535. The summed E-state index contributed by atoms with van der Waals surface area (Å²) in [6.07, 6.45) is -3.87. The van der Waals surface area contributed by atoms with Crippen LogP contribution in [-0.2, 0) is 9.53 Å². The molecule has 0 aromatic heterocycles. The van der Waals surface area contributed by atoms with Crippen molar-refractivity contribution < 1.29 is 27.5 Å². The second-order valence-electron chi connectivity index (χ2n) is 7.26. The van der Waals surface area contributed by atoms with E-state index < -0.39 is 40.4 Å². The van der Waals surface area contributed by atoms with Gasteiger partial charge < -0.3 is 10.1 Å². The number of halogens is 3. The van der Waals surface area contributed by atoms with E-state index in [0.29, 0.717) is 31.0 Å². The van der Waals surface area contributed by atoms with Crippen molar-refractivity contribution in [2.24, 2.45) is 5.41 Å². The highest BCUT2D eigenvalue weighted by molar-refractivity contribution is 8.14. The van der Waals surface area contributed by atoms with Gasteiger partial charge in [0.05, 0.1) is 10.8 Å². The van der Waals surface area contributed by atoms with E-state index >= 15 is 0 Å². The second-order valence-corrected chi connectivity index (χ2v) is 8.24. The lowest BCUT2D eigenvalue weighted by Crippen LogP contribution is -2.76. The van der Waals surface area contributed by atoms with Crippen LogP contribution in [0.2, 0.25) is 0 Å². The van der Waals surface area contributed by atoms with Crippen molar-refractivity contribution in [3.63, 3.8) is 0 Å². The van der Waals surface area contributed by atoms with Gasteiger partial charge >= 0.3 is 12.3 Å². The van der Waals surface area contributed by atoms with Crippen LogP contribution in [0.3, 0.4) is 0 Å². The predicted octanol–water partition coefficient (Wildman–Crippen LogP) is 3.28. The molecule has 3 aliphatic rings. The number of thioether (sulfide) groups is 1. The zero-order valence-electron chi connectivity index (χ0n) is 13.1. The topological polar surface area (TPSA) is 79.2 Å². The van der Waals surface area contributed by atoms with E-state index in [0.717, 1.165) is 0 Å². The number of ether oxygens (including phenoxy) is 1. The van der Waals surface area contributed by atoms with Crippen molar-refractivity contribution in [3.05, 3.63) is 0 Å². The number of hydrogen-bond donors (Lipinski definition) is 2. The van der Waals surface area contributed by atoms with Crippen molar-refractivity contribution in [3.8, 4) is 0 Å². The lowest BCUT2D eigenvalue weighted by atomic mass is 9.40. The number of ketones is 1. The molecule has 3 fully saturated rings. The number of carbonyl (C=O) groups excluding carboxylic acids is 2. The van der Waals surface area contributed by atoms with Gasteiger partial charge in [0.1, 0.15) is 5.60 Å². The summed E-state index contributed by atoms with van der Waals surface area (Å²) in [4.78, 5) is 22.6. The van der Waals surface area contributed by atoms with Gasteiger partial charge in [-0.2, -0.15) is 13.2 Å². The van der Waals surface area contributed by atoms with E-state index in [2.05, 4.69) is 5.32 Å². The molecule has 3 saturated carbocycles. The Kier molecular flexibility index (Phi) is 4.24. The van der Waals surface area contributed by atoms with Gasteiger partial charge in [-0.25, -0.2) is 4.79 Å². The molecule has 5 nitrogen and oxygen atoms in total. The molecule has 0 atom stereocenters. The first-order valence-electron chi connectivity index (χ1n) is 7.10. The molecular formula is C14H19F3N2O3S. The van der Waals surface area contributed by atoms with E-state index in [1.165, 1.54) is 0 Å². The number of amides is 1. The summed E-state index contributed by atoms with van der Waals surface area (Å²) in [5.41, 5.74) is -1.50. The Balaban J connectivity index is 1.77. The molecule has 0 aromatic rings. The summed E-state index contributed by atoms with van der Waals surface area (Å²) in [7, 11) is 0. The molecule has 3 aliphatic carbocycles. The third-order valence-electron chi connectivity index (χ3n) is 3.94. The van der Waals surface area contributed by atoms with Gasteiger partial charge in [-0.3, -0.25) is 10.2 Å². The number of alkyl halides is 3. The van der Waals surface area contributed by atoms with Crippen LogP contribution in [0.25, 0.3) is 0 Å². The number of nitrogens with one attached hydrogen (secondary N) is 2. The molecule has 0 heterocycles. The fourth-order valence-electron chi connectivity index (χ4n) is 3.05. The molecule has 2 bridgehead atoms. The molecule has 0 aliphatic heterocycles. The van der Waals surface area contributed by atoms with Gasteiger partial charge in [-0.05, 0) is 40.0 Å². The molecule has 3 rings (SSSR count). The Hall–Kier alpha value is -1.25. The molecule has 9 heteroatoms. The minimum atomic E-state index is -4.85. The molecule has 1 amide bonds. The largest absolute Gasteiger partial charge is 0.450 e. The molecular weight excluding hydrogens is 333 g/mol. The molecule has 0 spiro atoms. The standard InChI is InChI=1S/C14H19F3N2O3S/c1-11(2,3)22-10(21)19-13-5-12(6-13,7-13)9(18)23-4-8(20)14(15,16)17/h18H,4-7H2,1-3H3,(H,19,21). The van der Waals surface area contributed by atoms with Gasteiger partial charge in [0.25, 0.3) is 0 Å². The maximum atomic E-state index is 12.1. The van der Waals surface area contributed by atoms with Crippen molar-refractivity contribution in [1.82, 2.24) is 5.32 Å². The summed E-state index contributed by atoms with van der Waals surface area (Å²) >= 11 is 0.630. The molecule has 23 heavy (non-hydrogen) atoms. The van der Waals surface area contributed by atoms with Crippen LogP contribution in [0.1, 0.15) is 40.0 Å². The molecule has 130 valence electrons. The number of rotatable bonds is 4. The maximum Gasteiger partial charge on any atom is 0.450 e. The maximum absolute atomic E-state index is 12.1. The van der Waals surface area contributed by atoms with E-state index in [-0.39, 0.29) is 5.04 Å². The van der Waals surface area contributed by atoms with Crippen LogP contribution in [-0.4, -0.2) is 40.0 Å². The zero-order valence-corrected chi connectivity index (χ0v) is 13.9. The zero-order chi connectivity index (χ0) is 17.7. The van der Waals surface area contributed by atoms with Crippen LogP contribution in [0.5, 0.6) is 0 Å². The van der Waals surface area contributed by atoms with Crippen molar-refractivity contribution in [2.75, 3.05) is 5.75 Å². The summed E-state index contributed by atoms with van der Waals surface area (Å²) in [5, 5.41) is 10.7. The van der Waals surface area contributed by atoms with Crippen LogP contribution in [0, 0.1) is 10.8 Å². The Labute approximate surface area is 136 Å². The lowest BCUT2D eigenvalue weighted by Gasteiger charge is -2.70. The van der Waals surface area contributed by atoms with Gasteiger partial charge in [-0.15, -0.1) is 11.8 Å². The minimum Gasteiger partial charge on any atom is -0.444 e. The SMILES string of the molecule is CC(C)(C)OC(=O)NC12CC(C(=N)SCC(=O)C(F)(F)F)(C1)C2. The third kappa shape index (κ3) is 3.81. The normalized spacial score (nSPS) is 29.1. The van der Waals surface area contributed by atoms with E-state index in [1.807, 2.05) is 0 Å². The summed E-state index contributed by atoms with van der Waals surface area (Å²) in [6, 6.07) is 0. The number of alkyl carbamates (subject to hydrolysis) is 1. The van der Waals surface area contributed by atoms with Crippen LogP contribution >= 0.6 is 11.8 Å². The van der Waals surface area contributed by atoms with Gasteiger partial charge in [-0.1, -0.05) is 0 Å². The lowest BCUT2D eigenvalue weighted by molar-refractivity contribution is -0.167. The average Bonchev–Trinajstić information content (AvgIpc) is 2.24. The van der Waals surface area contributed by atoms with Gasteiger partial charge in [0, 0.05) is 11.0 Å². The van der Waals surface area contributed by atoms with Gasteiger partial charge in [0.2, 0.25) is 5.78 Å². The van der Waals surface area contributed by atoms with Crippen LogP contribution in [0.15, 0.2) is 0 Å². The van der Waals surface area contributed by atoms with Crippen LogP contribution < -0.4 is 5.32 Å². The fraction of sp³-hybridized carbons (Fsp3) is 0.786. The van der Waals surface area contributed by atoms with E-state index in [4.69, 9.17) is 10.1 Å². The number of Topliss-reactive ketones (excluding diaryl/α,β-unsaturated/α-hetero) is 1. The first-order valence-corrected chi connectivity index (χ1v) is 8.09. The molecule has 0 unspecified atom stereocenters. The fourth-order valence-corrected chi connectivity index (χ4v) is 4.02. The van der Waals surface area contributed by atoms with Crippen LogP contribution in [0.4, 0.5) is 18.0 Å². The van der Waals surface area contributed by atoms with Gasteiger partial charge in [0.15, 0.2) is 0 Å². The highest BCUT2D eigenvalue weighted by atomic mass is 32.2. The van der Waals surface area contributed by atoms with Crippen molar-refractivity contribution >= 4 is 28.7 Å². The minimum absolute atomic E-state index is 0.0861. The smallest absolute Gasteiger partial charge is 0.444 e. The summed E-state index contributed by atoms with van der Waals surface area (Å²) in [5.74, 6) is -2.60. The quantitative estimate of drug-likeness (QED) is 0.601. The third-order valence-corrected chi connectivity index (χ3v) is 5.07. The number of hydrogen-bond acceptors (Lipinski definition) is 5. The summed E-state index contributed by atoms with van der Waals surface area (Å²) < 4.78 is 41.6. The molecule has 0 radical (unpaired) electrons. The second kappa shape index (κ2) is 5.39. The first kappa shape index (κ1) is 18.1. The highest BCUT2D eigenvalue weighted by Crippen LogP contribution is 2.68. The van der Waals surface area contributed by atoms with Crippen molar-refractivity contribution in [2.45, 2.75) is 57.3 Å². The first-order chi connectivity index (χ1) is 10.3. The molecule has 2 N–H and O–H groups in total. The Morgan fingerprint density at radius 3 is 2.17 bits per heavy atom. The Morgan fingerprint density at radius 2 is 1.74 bits per heavy atom. The van der Waals surface area contributed by atoms with Crippen molar-refractivity contribution in [1.29, 1.82) is 5.41 Å². The summed E-state index contributed by atoms with van der Waals surface area (Å²) in [6.45, 7) is 5.25. The van der Waals surface area contributed by atoms with E-state index in [9.17, 15) is 22.8 Å². The van der Waals surface area contributed by atoms with E-state index in [1.54, 1.807) is 20.8 Å². The Morgan fingerprint density at radius 1 is 1.22 bits per heavy atom. The highest BCUT2D eigenvalue weighted by Gasteiger charge is 2.70. The predicted molar refractivity (Wildman–Crippen MR) is 79.6 cm³/mol. The average molecular weight is 352 g/mol.